The minimum Gasteiger partial charge on any atom is -0.390 e. The van der Waals surface area contributed by atoms with Crippen LogP contribution in [0.5, 0.6) is 0 Å². The van der Waals surface area contributed by atoms with E-state index in [1.807, 2.05) is 18.2 Å². The average molecular weight is 302 g/mol. The third kappa shape index (κ3) is 2.55. The number of aromatic nitrogens is 2. The predicted molar refractivity (Wildman–Crippen MR) is 80.1 cm³/mol. The lowest BCUT2D eigenvalue weighted by molar-refractivity contribution is 0.278. The van der Waals surface area contributed by atoms with Crippen molar-refractivity contribution >= 4 is 20.9 Å². The summed E-state index contributed by atoms with van der Waals surface area (Å²) in [4.78, 5) is 4.05. The van der Waals surface area contributed by atoms with Crippen molar-refractivity contribution < 1.29 is 13.5 Å². The van der Waals surface area contributed by atoms with Gasteiger partial charge in [-0.15, -0.1) is 0 Å². The molecule has 3 rings (SSSR count). The molecule has 0 aliphatic heterocycles. The molecule has 1 N–H and O–H groups in total. The van der Waals surface area contributed by atoms with E-state index in [0.717, 1.165) is 5.56 Å². The van der Waals surface area contributed by atoms with E-state index in [0.29, 0.717) is 16.6 Å². The number of aliphatic hydroxyl groups excluding tert-OH is 1. The molecule has 108 valence electrons. The highest BCUT2D eigenvalue weighted by molar-refractivity contribution is 7.89. The lowest BCUT2D eigenvalue weighted by atomic mass is 10.2. The normalized spacial score (nSPS) is 11.9. The number of nitrogens with zero attached hydrogens (tertiary/aromatic N) is 2. The minimum atomic E-state index is -3.51. The van der Waals surface area contributed by atoms with Crippen LogP contribution in [0.4, 0.5) is 0 Å². The molecule has 0 aliphatic rings. The molecule has 2 aromatic heterocycles. The van der Waals surface area contributed by atoms with Crippen LogP contribution in [0.2, 0.25) is 0 Å². The Labute approximate surface area is 122 Å². The molecule has 0 fully saturated rings. The van der Waals surface area contributed by atoms with E-state index in [4.69, 9.17) is 0 Å². The van der Waals surface area contributed by atoms with Gasteiger partial charge in [-0.3, -0.25) is 4.98 Å². The first-order valence-electron chi connectivity index (χ1n) is 6.45. The predicted octanol–water partition coefficient (Wildman–Crippen LogP) is 1.91. The highest BCUT2D eigenvalue weighted by Gasteiger charge is 2.17. The van der Waals surface area contributed by atoms with Crippen LogP contribution >= 0.6 is 0 Å². The Kier molecular flexibility index (Phi) is 3.48. The van der Waals surface area contributed by atoms with E-state index in [-0.39, 0.29) is 12.4 Å². The van der Waals surface area contributed by atoms with Gasteiger partial charge in [0.25, 0.3) is 0 Å². The first-order chi connectivity index (χ1) is 10.1. The number of benzene rings is 1. The summed E-state index contributed by atoms with van der Waals surface area (Å²) in [6.07, 6.45) is 3.01. The van der Waals surface area contributed by atoms with Crippen LogP contribution in [0.3, 0.4) is 0 Å². The lowest BCUT2D eigenvalue weighted by Crippen LogP contribution is -2.14. The van der Waals surface area contributed by atoms with E-state index < -0.39 is 10.0 Å². The molecule has 21 heavy (non-hydrogen) atoms. The molecule has 0 saturated heterocycles. The maximum Gasteiger partial charge on any atom is 0.243 e. The highest BCUT2D eigenvalue weighted by Crippen LogP contribution is 2.21. The zero-order valence-corrected chi connectivity index (χ0v) is 12.0. The molecule has 0 bridgehead atoms. The standard InChI is InChI=1S/C15H14N2O3S/c18-10-14-13-7-9-17(15(13)6-8-16-14)21(19,20)11-12-4-2-1-3-5-12/h1-9,18H,10-11H2. The number of fused-ring (bicyclic) bond motifs is 1. The van der Waals surface area contributed by atoms with Crippen molar-refractivity contribution in [2.75, 3.05) is 0 Å². The van der Waals surface area contributed by atoms with Gasteiger partial charge in [0.2, 0.25) is 10.0 Å². The van der Waals surface area contributed by atoms with Crippen molar-refractivity contribution in [3.8, 4) is 0 Å². The Balaban J connectivity index is 2.08. The van der Waals surface area contributed by atoms with E-state index in [1.54, 1.807) is 24.3 Å². The molecule has 0 aliphatic carbocycles. The largest absolute Gasteiger partial charge is 0.390 e. The van der Waals surface area contributed by atoms with Crippen molar-refractivity contribution in [3.63, 3.8) is 0 Å². The molecule has 0 radical (unpaired) electrons. The number of rotatable bonds is 4. The number of hydrogen-bond donors (Lipinski definition) is 1. The number of hydrogen-bond acceptors (Lipinski definition) is 4. The summed E-state index contributed by atoms with van der Waals surface area (Å²) in [5.41, 5.74) is 1.74. The van der Waals surface area contributed by atoms with Crippen LogP contribution in [0.15, 0.2) is 54.9 Å². The Hall–Kier alpha value is -2.18. The molecule has 0 spiro atoms. The number of aliphatic hydroxyl groups is 1. The molecule has 0 saturated carbocycles. The zero-order valence-electron chi connectivity index (χ0n) is 11.2. The van der Waals surface area contributed by atoms with E-state index in [2.05, 4.69) is 4.98 Å². The van der Waals surface area contributed by atoms with Gasteiger partial charge in [-0.1, -0.05) is 30.3 Å². The molecule has 6 heteroatoms. The van der Waals surface area contributed by atoms with Gasteiger partial charge < -0.3 is 5.11 Å². The highest BCUT2D eigenvalue weighted by atomic mass is 32.2. The Morgan fingerprint density at radius 3 is 2.57 bits per heavy atom. The SMILES string of the molecule is O=S(=O)(Cc1ccccc1)n1ccc2c(CO)nccc21. The third-order valence-electron chi connectivity index (χ3n) is 3.31. The summed E-state index contributed by atoms with van der Waals surface area (Å²) in [7, 11) is -3.51. The Morgan fingerprint density at radius 2 is 1.86 bits per heavy atom. The smallest absolute Gasteiger partial charge is 0.243 e. The second kappa shape index (κ2) is 5.31. The van der Waals surface area contributed by atoms with Crippen molar-refractivity contribution in [1.82, 2.24) is 8.96 Å². The molecule has 3 aromatic rings. The van der Waals surface area contributed by atoms with Crippen molar-refractivity contribution in [2.45, 2.75) is 12.4 Å². The van der Waals surface area contributed by atoms with Crippen LogP contribution in [-0.4, -0.2) is 22.5 Å². The van der Waals surface area contributed by atoms with E-state index in [1.165, 1.54) is 16.4 Å². The van der Waals surface area contributed by atoms with Crippen LogP contribution < -0.4 is 0 Å². The molecule has 0 unspecified atom stereocenters. The van der Waals surface area contributed by atoms with Gasteiger partial charge in [-0.25, -0.2) is 12.4 Å². The molecule has 0 amide bonds. The van der Waals surface area contributed by atoms with Crippen LogP contribution in [-0.2, 0) is 22.4 Å². The van der Waals surface area contributed by atoms with Crippen molar-refractivity contribution in [2.24, 2.45) is 0 Å². The van der Waals surface area contributed by atoms with Gasteiger partial charge in [-0.05, 0) is 17.7 Å². The Morgan fingerprint density at radius 1 is 1.10 bits per heavy atom. The molecule has 2 heterocycles. The maximum atomic E-state index is 12.6. The summed E-state index contributed by atoms with van der Waals surface area (Å²) in [6, 6.07) is 12.3. The molecule has 5 nitrogen and oxygen atoms in total. The van der Waals surface area contributed by atoms with Crippen LogP contribution in [0.1, 0.15) is 11.3 Å². The minimum absolute atomic E-state index is 0.0750. The van der Waals surface area contributed by atoms with Gasteiger partial charge >= 0.3 is 0 Å². The van der Waals surface area contributed by atoms with E-state index in [9.17, 15) is 13.5 Å². The number of pyridine rings is 1. The first-order valence-corrected chi connectivity index (χ1v) is 8.06. The summed E-state index contributed by atoms with van der Waals surface area (Å²) in [5.74, 6) is -0.0750. The van der Waals surface area contributed by atoms with E-state index >= 15 is 0 Å². The van der Waals surface area contributed by atoms with Crippen molar-refractivity contribution in [3.05, 3.63) is 66.1 Å². The van der Waals surface area contributed by atoms with Gasteiger partial charge in [0, 0.05) is 17.8 Å². The van der Waals surface area contributed by atoms with Gasteiger partial charge in [0.05, 0.1) is 23.6 Å². The molecule has 1 aromatic carbocycles. The topological polar surface area (TPSA) is 72.2 Å². The average Bonchev–Trinajstić information content (AvgIpc) is 2.92. The summed E-state index contributed by atoms with van der Waals surface area (Å²) < 4.78 is 26.4. The second-order valence-electron chi connectivity index (χ2n) is 4.70. The molecular formula is C15H14N2O3S. The quantitative estimate of drug-likeness (QED) is 0.799. The fourth-order valence-corrected chi connectivity index (χ4v) is 3.78. The third-order valence-corrected chi connectivity index (χ3v) is 4.92. The van der Waals surface area contributed by atoms with Crippen molar-refractivity contribution in [1.29, 1.82) is 0 Å². The lowest BCUT2D eigenvalue weighted by Gasteiger charge is -2.08. The maximum absolute atomic E-state index is 12.6. The second-order valence-corrected chi connectivity index (χ2v) is 6.55. The first kappa shape index (κ1) is 13.8. The van der Waals surface area contributed by atoms with Gasteiger partial charge in [0.1, 0.15) is 0 Å². The van der Waals surface area contributed by atoms with Gasteiger partial charge in [-0.2, -0.15) is 0 Å². The fraction of sp³-hybridized carbons (Fsp3) is 0.133. The summed E-state index contributed by atoms with van der Waals surface area (Å²) in [6.45, 7) is -0.222. The summed E-state index contributed by atoms with van der Waals surface area (Å²) in [5, 5.41) is 9.91. The monoisotopic (exact) mass is 302 g/mol. The fourth-order valence-electron chi connectivity index (χ4n) is 2.32. The Bertz CT molecular complexity index is 870. The zero-order chi connectivity index (χ0) is 14.9. The van der Waals surface area contributed by atoms with Crippen LogP contribution in [0, 0.1) is 0 Å². The summed E-state index contributed by atoms with van der Waals surface area (Å²) >= 11 is 0. The van der Waals surface area contributed by atoms with Gasteiger partial charge in [0.15, 0.2) is 0 Å². The molecular weight excluding hydrogens is 288 g/mol. The van der Waals surface area contributed by atoms with Crippen LogP contribution in [0.25, 0.3) is 10.9 Å². The molecule has 0 atom stereocenters.